The summed E-state index contributed by atoms with van der Waals surface area (Å²) in [6.45, 7) is 0. The van der Waals surface area contributed by atoms with Gasteiger partial charge >= 0.3 is 0 Å². The van der Waals surface area contributed by atoms with Gasteiger partial charge in [0.2, 0.25) is 0 Å². The fourth-order valence-corrected chi connectivity index (χ4v) is 1.01. The van der Waals surface area contributed by atoms with Crippen LogP contribution in [0.3, 0.4) is 0 Å². The summed E-state index contributed by atoms with van der Waals surface area (Å²) in [7, 11) is 0. The van der Waals surface area contributed by atoms with Crippen LogP contribution in [0.15, 0.2) is 65.6 Å². The first kappa shape index (κ1) is 10.7. The molecule has 14 heavy (non-hydrogen) atoms. The molecule has 0 heterocycles. The van der Waals surface area contributed by atoms with Crippen LogP contribution in [-0.4, -0.2) is 0 Å². The van der Waals surface area contributed by atoms with Crippen LogP contribution in [0, 0.1) is 0 Å². The van der Waals surface area contributed by atoms with Gasteiger partial charge in [0.15, 0.2) is 0 Å². The van der Waals surface area contributed by atoms with Gasteiger partial charge in [0, 0.05) is 10.6 Å². The van der Waals surface area contributed by atoms with Gasteiger partial charge in [-0.1, -0.05) is 36.4 Å². The Morgan fingerprint density at radius 3 is 1.36 bits per heavy atom. The Kier molecular flexibility index (Phi) is 4.65. The lowest BCUT2D eigenvalue weighted by atomic mass is 10.3. The van der Waals surface area contributed by atoms with Crippen molar-refractivity contribution in [2.24, 2.45) is 0 Å². The van der Waals surface area contributed by atoms with Gasteiger partial charge in [-0.2, -0.15) is 0 Å². The second kappa shape index (κ2) is 6.11. The van der Waals surface area contributed by atoms with Crippen LogP contribution >= 0.6 is 12.6 Å². The number of hydrogen-bond donors (Lipinski definition) is 2. The Labute approximate surface area is 90.0 Å². The fraction of sp³-hybridized carbons (Fsp3) is 0. The molecule has 0 unspecified atom stereocenters. The molecule has 0 aliphatic carbocycles. The van der Waals surface area contributed by atoms with Gasteiger partial charge in [-0.05, 0) is 24.3 Å². The van der Waals surface area contributed by atoms with E-state index in [2.05, 4.69) is 12.6 Å². The molecule has 0 spiro atoms. The number of hydrogen-bond acceptors (Lipinski definition) is 2. The molecule has 2 aromatic rings. The van der Waals surface area contributed by atoms with E-state index in [1.54, 1.807) is 0 Å². The van der Waals surface area contributed by atoms with Gasteiger partial charge in [0.05, 0.1) is 0 Å². The molecular weight excluding hydrogens is 190 g/mol. The van der Waals surface area contributed by atoms with E-state index in [1.807, 2.05) is 60.7 Å². The normalized spacial score (nSPS) is 8.64. The van der Waals surface area contributed by atoms with Crippen molar-refractivity contribution in [1.29, 1.82) is 0 Å². The maximum atomic E-state index is 5.39. The molecule has 72 valence electrons. The van der Waals surface area contributed by atoms with Crippen LogP contribution < -0.4 is 5.73 Å². The van der Waals surface area contributed by atoms with Crippen molar-refractivity contribution in [1.82, 2.24) is 0 Å². The summed E-state index contributed by atoms with van der Waals surface area (Å²) >= 11 is 4.08. The van der Waals surface area contributed by atoms with Crippen molar-refractivity contribution in [3.05, 3.63) is 60.7 Å². The second-order valence-electron chi connectivity index (χ2n) is 2.75. The molecule has 0 aromatic heterocycles. The van der Waals surface area contributed by atoms with E-state index in [0.717, 1.165) is 10.6 Å². The van der Waals surface area contributed by atoms with Gasteiger partial charge in [0.25, 0.3) is 0 Å². The summed E-state index contributed by atoms with van der Waals surface area (Å²) in [5, 5.41) is 0. The van der Waals surface area contributed by atoms with Gasteiger partial charge in [-0.3, -0.25) is 0 Å². The standard InChI is InChI=1S/C6H7NS.C6H6/c7-5-1-3-6(8)4-2-5;1-2-4-6-5-3-1/h1-4,8H,7H2;1-6H. The summed E-state index contributed by atoms with van der Waals surface area (Å²) in [6.07, 6.45) is 0. The number of benzene rings is 2. The number of nitrogens with two attached hydrogens (primary N) is 1. The SMILES string of the molecule is Nc1ccc(S)cc1.c1ccccc1. The lowest BCUT2D eigenvalue weighted by Crippen LogP contribution is -1.80. The zero-order chi connectivity index (χ0) is 10.2. The van der Waals surface area contributed by atoms with Crippen molar-refractivity contribution in [3.8, 4) is 0 Å². The van der Waals surface area contributed by atoms with E-state index < -0.39 is 0 Å². The molecule has 0 radical (unpaired) electrons. The van der Waals surface area contributed by atoms with E-state index in [4.69, 9.17) is 5.73 Å². The third kappa shape index (κ3) is 4.58. The Morgan fingerprint density at radius 2 is 1.07 bits per heavy atom. The smallest absolute Gasteiger partial charge is 0.0314 e. The minimum atomic E-state index is 0.780. The summed E-state index contributed by atoms with van der Waals surface area (Å²) in [4.78, 5) is 0.944. The van der Waals surface area contributed by atoms with Crippen LogP contribution in [0.25, 0.3) is 0 Å². The Bertz CT molecular complexity index is 295. The Morgan fingerprint density at radius 1 is 0.714 bits per heavy atom. The monoisotopic (exact) mass is 203 g/mol. The predicted octanol–water partition coefficient (Wildman–Crippen LogP) is 3.24. The molecular formula is C12H13NS. The average molecular weight is 203 g/mol. The third-order valence-electron chi connectivity index (χ3n) is 1.56. The number of nitrogen functional groups attached to an aromatic ring is 1. The quantitative estimate of drug-likeness (QED) is 0.499. The van der Waals surface area contributed by atoms with Crippen molar-refractivity contribution in [3.63, 3.8) is 0 Å². The lowest BCUT2D eigenvalue weighted by molar-refractivity contribution is 1.48. The van der Waals surface area contributed by atoms with Crippen molar-refractivity contribution < 1.29 is 0 Å². The zero-order valence-electron chi connectivity index (χ0n) is 7.80. The molecule has 0 fully saturated rings. The molecule has 1 nitrogen and oxygen atoms in total. The van der Waals surface area contributed by atoms with Crippen LogP contribution in [0.4, 0.5) is 5.69 Å². The minimum absolute atomic E-state index is 0.780. The summed E-state index contributed by atoms with van der Waals surface area (Å²) < 4.78 is 0. The van der Waals surface area contributed by atoms with Crippen molar-refractivity contribution in [2.75, 3.05) is 5.73 Å². The second-order valence-corrected chi connectivity index (χ2v) is 3.26. The fourth-order valence-electron chi connectivity index (χ4n) is 0.859. The van der Waals surface area contributed by atoms with E-state index in [1.165, 1.54) is 0 Å². The molecule has 2 heteroatoms. The molecule has 0 bridgehead atoms. The van der Waals surface area contributed by atoms with Crippen molar-refractivity contribution >= 4 is 18.3 Å². The topological polar surface area (TPSA) is 26.0 Å². The highest BCUT2D eigenvalue weighted by Gasteiger charge is 1.81. The molecule has 0 saturated heterocycles. The van der Waals surface area contributed by atoms with Crippen LogP contribution in [0.1, 0.15) is 0 Å². The van der Waals surface area contributed by atoms with E-state index >= 15 is 0 Å². The molecule has 0 amide bonds. The largest absolute Gasteiger partial charge is 0.399 e. The highest BCUT2D eigenvalue weighted by molar-refractivity contribution is 7.80. The zero-order valence-corrected chi connectivity index (χ0v) is 8.69. The molecule has 0 atom stereocenters. The Hall–Kier alpha value is -1.41. The molecule has 2 N–H and O–H groups in total. The number of rotatable bonds is 0. The van der Waals surface area contributed by atoms with Crippen LogP contribution in [0.5, 0.6) is 0 Å². The van der Waals surface area contributed by atoms with Crippen LogP contribution in [0.2, 0.25) is 0 Å². The molecule has 0 aliphatic rings. The summed E-state index contributed by atoms with van der Waals surface area (Å²) in [5.41, 5.74) is 6.17. The van der Waals surface area contributed by atoms with Gasteiger partial charge in [0.1, 0.15) is 0 Å². The van der Waals surface area contributed by atoms with E-state index in [-0.39, 0.29) is 0 Å². The summed E-state index contributed by atoms with van der Waals surface area (Å²) in [6, 6.07) is 19.4. The van der Waals surface area contributed by atoms with Crippen LogP contribution in [-0.2, 0) is 0 Å². The summed E-state index contributed by atoms with van der Waals surface area (Å²) in [5.74, 6) is 0. The minimum Gasteiger partial charge on any atom is -0.399 e. The average Bonchev–Trinajstić information content (AvgIpc) is 2.26. The number of thiol groups is 1. The molecule has 0 saturated carbocycles. The third-order valence-corrected chi connectivity index (χ3v) is 1.86. The maximum Gasteiger partial charge on any atom is 0.0314 e. The highest BCUT2D eigenvalue weighted by Crippen LogP contribution is 2.07. The number of anilines is 1. The first-order valence-corrected chi connectivity index (χ1v) is 4.78. The van der Waals surface area contributed by atoms with E-state index in [9.17, 15) is 0 Å². The molecule has 2 aromatic carbocycles. The first-order chi connectivity index (χ1) is 6.79. The van der Waals surface area contributed by atoms with E-state index in [0.29, 0.717) is 0 Å². The highest BCUT2D eigenvalue weighted by atomic mass is 32.1. The lowest BCUT2D eigenvalue weighted by Gasteiger charge is -1.89. The maximum absolute atomic E-state index is 5.39. The molecule has 0 aliphatic heterocycles. The Balaban J connectivity index is 0.000000146. The van der Waals surface area contributed by atoms with Gasteiger partial charge in [-0.15, -0.1) is 12.6 Å². The predicted molar refractivity (Wildman–Crippen MR) is 64.5 cm³/mol. The van der Waals surface area contributed by atoms with Crippen molar-refractivity contribution in [2.45, 2.75) is 4.90 Å². The first-order valence-electron chi connectivity index (χ1n) is 4.33. The van der Waals surface area contributed by atoms with Gasteiger partial charge < -0.3 is 5.73 Å². The molecule has 2 rings (SSSR count). The van der Waals surface area contributed by atoms with Gasteiger partial charge in [-0.25, -0.2) is 0 Å².